The molecule has 0 radical (unpaired) electrons. The Hall–Kier alpha value is -4.33. The van der Waals surface area contributed by atoms with Crippen molar-refractivity contribution in [3.63, 3.8) is 0 Å². The average molecular weight is 463 g/mol. The van der Waals surface area contributed by atoms with Gasteiger partial charge in [0.2, 0.25) is 5.91 Å². The first-order chi connectivity index (χ1) is 16.4. The van der Waals surface area contributed by atoms with E-state index in [1.54, 1.807) is 56.7 Å². The zero-order chi connectivity index (χ0) is 24.5. The number of carbonyl (C=O) groups is 3. The number of nitrogens with one attached hydrogen (secondary N) is 2. The molecule has 0 aliphatic heterocycles. The van der Waals surface area contributed by atoms with Crippen LogP contribution in [0.5, 0.6) is 17.2 Å². The summed E-state index contributed by atoms with van der Waals surface area (Å²) in [7, 11) is 3.14. The number of methoxy groups -OCH3 is 2. The molecule has 3 aromatic rings. The number of hydrogen-bond donors (Lipinski definition) is 2. The Morgan fingerprint density at radius 2 is 1.47 bits per heavy atom. The van der Waals surface area contributed by atoms with E-state index in [0.717, 1.165) is 5.56 Å². The molecule has 3 aromatic carbocycles. The first-order valence-electron chi connectivity index (χ1n) is 10.6. The third-order valence-corrected chi connectivity index (χ3v) is 4.87. The van der Waals surface area contributed by atoms with Crippen molar-refractivity contribution in [3.05, 3.63) is 77.9 Å². The molecule has 2 N–H and O–H groups in total. The zero-order valence-corrected chi connectivity index (χ0v) is 19.2. The van der Waals surface area contributed by atoms with Gasteiger partial charge in [0.15, 0.2) is 11.5 Å². The molecule has 0 saturated carbocycles. The molecule has 0 atom stereocenters. The van der Waals surface area contributed by atoms with Crippen molar-refractivity contribution >= 4 is 29.2 Å². The number of amides is 2. The van der Waals surface area contributed by atoms with Crippen molar-refractivity contribution in [1.82, 2.24) is 0 Å². The number of benzene rings is 3. The van der Waals surface area contributed by atoms with Crippen LogP contribution in [0.3, 0.4) is 0 Å². The zero-order valence-electron chi connectivity index (χ0n) is 19.2. The summed E-state index contributed by atoms with van der Waals surface area (Å²) in [5.41, 5.74) is 2.49. The minimum absolute atomic E-state index is 0.131. The van der Waals surface area contributed by atoms with Crippen molar-refractivity contribution in [2.75, 3.05) is 24.9 Å². The Kier molecular flexibility index (Phi) is 8.23. The summed E-state index contributed by atoms with van der Waals surface area (Å²) in [6.07, 6.45) is 0.847. The van der Waals surface area contributed by atoms with E-state index in [1.165, 1.54) is 13.0 Å². The highest BCUT2D eigenvalue weighted by atomic mass is 16.5. The largest absolute Gasteiger partial charge is 0.493 e. The van der Waals surface area contributed by atoms with Crippen LogP contribution in [-0.2, 0) is 16.0 Å². The number of aryl methyl sites for hydroxylation is 1. The van der Waals surface area contributed by atoms with Crippen LogP contribution >= 0.6 is 0 Å². The van der Waals surface area contributed by atoms with Gasteiger partial charge in [-0.15, -0.1) is 0 Å². The van der Waals surface area contributed by atoms with Gasteiger partial charge in [0.1, 0.15) is 5.75 Å². The molecule has 34 heavy (non-hydrogen) atoms. The first-order valence-corrected chi connectivity index (χ1v) is 10.6. The van der Waals surface area contributed by atoms with Gasteiger partial charge in [-0.25, -0.2) is 0 Å². The lowest BCUT2D eigenvalue weighted by Gasteiger charge is -2.10. The Morgan fingerprint density at radius 1 is 0.794 bits per heavy atom. The molecule has 8 nitrogen and oxygen atoms in total. The van der Waals surface area contributed by atoms with Crippen molar-refractivity contribution < 1.29 is 28.6 Å². The van der Waals surface area contributed by atoms with Crippen LogP contribution in [0.25, 0.3) is 0 Å². The van der Waals surface area contributed by atoms with Crippen molar-refractivity contribution in [2.24, 2.45) is 0 Å². The van der Waals surface area contributed by atoms with E-state index in [-0.39, 0.29) is 11.8 Å². The molecular formula is C26H26N2O6. The predicted octanol–water partition coefficient (Wildman–Crippen LogP) is 4.45. The average Bonchev–Trinajstić information content (AvgIpc) is 2.83. The molecular weight excluding hydrogens is 436 g/mol. The van der Waals surface area contributed by atoms with E-state index in [9.17, 15) is 14.4 Å². The molecule has 0 aliphatic carbocycles. The third-order valence-electron chi connectivity index (χ3n) is 4.87. The summed E-state index contributed by atoms with van der Waals surface area (Å²) < 4.78 is 15.5. The monoisotopic (exact) mass is 462 g/mol. The minimum Gasteiger partial charge on any atom is -0.493 e. The summed E-state index contributed by atoms with van der Waals surface area (Å²) in [5.74, 6) is 0.621. The van der Waals surface area contributed by atoms with Crippen LogP contribution in [0, 0.1) is 0 Å². The quantitative estimate of drug-likeness (QED) is 0.360. The van der Waals surface area contributed by atoms with Crippen LogP contribution in [0.2, 0.25) is 0 Å². The van der Waals surface area contributed by atoms with Gasteiger partial charge in [0.25, 0.3) is 5.91 Å². The van der Waals surface area contributed by atoms with Gasteiger partial charge in [-0.2, -0.15) is 0 Å². The molecule has 0 bridgehead atoms. The van der Waals surface area contributed by atoms with Gasteiger partial charge in [-0.1, -0.05) is 12.1 Å². The summed E-state index contributed by atoms with van der Waals surface area (Å²) >= 11 is 0. The van der Waals surface area contributed by atoms with E-state index >= 15 is 0 Å². The number of hydrogen-bond acceptors (Lipinski definition) is 6. The molecule has 0 unspecified atom stereocenters. The lowest BCUT2D eigenvalue weighted by molar-refractivity contribution is -0.131. The second-order valence-electron chi connectivity index (χ2n) is 7.39. The van der Waals surface area contributed by atoms with E-state index in [1.807, 2.05) is 18.2 Å². The van der Waals surface area contributed by atoms with Crippen LogP contribution in [-0.4, -0.2) is 32.0 Å². The van der Waals surface area contributed by atoms with Crippen molar-refractivity contribution in [1.29, 1.82) is 0 Å². The van der Waals surface area contributed by atoms with Gasteiger partial charge >= 0.3 is 5.97 Å². The molecule has 3 rings (SSSR count). The number of esters is 1. The van der Waals surface area contributed by atoms with Crippen molar-refractivity contribution in [2.45, 2.75) is 19.8 Å². The van der Waals surface area contributed by atoms with Gasteiger partial charge < -0.3 is 24.8 Å². The fourth-order valence-electron chi connectivity index (χ4n) is 3.22. The molecule has 0 aliphatic rings. The van der Waals surface area contributed by atoms with Gasteiger partial charge in [0, 0.05) is 30.3 Å². The maximum absolute atomic E-state index is 12.5. The number of anilines is 2. The lowest BCUT2D eigenvalue weighted by atomic mass is 10.1. The molecule has 0 aromatic heterocycles. The standard InChI is InChI=1S/C26H26N2O6/c1-17(29)34-22-6-4-5-19(16-22)26(31)28-21-11-9-20(10-12-21)27-25(30)14-8-18-7-13-23(32-2)24(15-18)33-3/h4-7,9-13,15-16H,8,14H2,1-3H3,(H,27,30)(H,28,31). The third kappa shape index (κ3) is 6.83. The SMILES string of the molecule is COc1ccc(CCC(=O)Nc2ccc(NC(=O)c3cccc(OC(C)=O)c3)cc2)cc1OC. The van der Waals surface area contributed by atoms with Crippen molar-refractivity contribution in [3.8, 4) is 17.2 Å². The van der Waals surface area contributed by atoms with Gasteiger partial charge in [-0.05, 0) is 66.6 Å². The second kappa shape index (κ2) is 11.5. The Balaban J connectivity index is 1.53. The van der Waals surface area contributed by atoms with Gasteiger partial charge in [-0.3, -0.25) is 14.4 Å². The molecule has 0 saturated heterocycles. The number of ether oxygens (including phenoxy) is 3. The normalized spacial score (nSPS) is 10.2. The molecule has 2 amide bonds. The fraction of sp³-hybridized carbons (Fsp3) is 0.192. The summed E-state index contributed by atoms with van der Waals surface area (Å²) in [6, 6.07) is 18.7. The summed E-state index contributed by atoms with van der Waals surface area (Å²) in [5, 5.41) is 5.62. The summed E-state index contributed by atoms with van der Waals surface area (Å²) in [4.78, 5) is 35.9. The second-order valence-corrected chi connectivity index (χ2v) is 7.39. The lowest BCUT2D eigenvalue weighted by Crippen LogP contribution is -2.13. The van der Waals surface area contributed by atoms with E-state index in [0.29, 0.717) is 47.0 Å². The van der Waals surface area contributed by atoms with Crippen LogP contribution in [0.15, 0.2) is 66.7 Å². The fourth-order valence-corrected chi connectivity index (χ4v) is 3.22. The molecule has 0 heterocycles. The number of carbonyl (C=O) groups excluding carboxylic acids is 3. The highest BCUT2D eigenvalue weighted by Crippen LogP contribution is 2.28. The maximum atomic E-state index is 12.5. The molecule has 0 fully saturated rings. The van der Waals surface area contributed by atoms with Gasteiger partial charge in [0.05, 0.1) is 14.2 Å². The minimum atomic E-state index is -0.459. The van der Waals surface area contributed by atoms with Crippen LogP contribution < -0.4 is 24.8 Å². The number of rotatable bonds is 9. The molecule has 0 spiro atoms. The first kappa shape index (κ1) is 24.3. The van der Waals surface area contributed by atoms with E-state index in [4.69, 9.17) is 14.2 Å². The Morgan fingerprint density at radius 3 is 2.12 bits per heavy atom. The smallest absolute Gasteiger partial charge is 0.308 e. The van der Waals surface area contributed by atoms with E-state index in [2.05, 4.69) is 10.6 Å². The topological polar surface area (TPSA) is 103 Å². The van der Waals surface area contributed by atoms with E-state index < -0.39 is 5.97 Å². The summed E-state index contributed by atoms with van der Waals surface area (Å²) in [6.45, 7) is 1.29. The Labute approximate surface area is 197 Å². The van der Waals surface area contributed by atoms with Crippen LogP contribution in [0.4, 0.5) is 11.4 Å². The maximum Gasteiger partial charge on any atom is 0.308 e. The van der Waals surface area contributed by atoms with Crippen LogP contribution in [0.1, 0.15) is 29.3 Å². The Bertz CT molecular complexity index is 1170. The molecule has 176 valence electrons. The molecule has 8 heteroatoms. The highest BCUT2D eigenvalue weighted by Gasteiger charge is 2.10. The predicted molar refractivity (Wildman–Crippen MR) is 129 cm³/mol. The highest BCUT2D eigenvalue weighted by molar-refractivity contribution is 6.04.